The number of carboxylic acid groups (broad SMARTS) is 1. The lowest BCUT2D eigenvalue weighted by molar-refractivity contribution is -0.137. The summed E-state index contributed by atoms with van der Waals surface area (Å²) in [6, 6.07) is 0. The van der Waals surface area contributed by atoms with Crippen LogP contribution in [-0.4, -0.2) is 57.4 Å². The van der Waals surface area contributed by atoms with Gasteiger partial charge in [-0.15, -0.1) is 0 Å². The highest BCUT2D eigenvalue weighted by Gasteiger charge is 2.52. The van der Waals surface area contributed by atoms with Gasteiger partial charge in [0, 0.05) is 13.0 Å². The van der Waals surface area contributed by atoms with E-state index in [1.54, 1.807) is 0 Å². The molecule has 1 aromatic rings. The number of nitrogens with zero attached hydrogens (tertiary/aromatic N) is 3. The molecule has 1 amide bonds. The van der Waals surface area contributed by atoms with Crippen LogP contribution >= 0.6 is 0 Å². The standard InChI is InChI=1S/C17H26N4O5/c1-16(2,3)25-15(24)19-17(10-21-8-6-11(17)7-9-21)14-18-12(26-20-14)4-5-13(22)23/h11H,4-10H2,1-3H3,(H,19,24)(H,22,23). The molecule has 4 heterocycles. The van der Waals surface area contributed by atoms with Crippen molar-refractivity contribution in [3.8, 4) is 0 Å². The van der Waals surface area contributed by atoms with E-state index in [1.165, 1.54) is 0 Å². The van der Waals surface area contributed by atoms with Crippen molar-refractivity contribution in [1.29, 1.82) is 0 Å². The number of carbonyl (C=O) groups excluding carboxylic acids is 1. The first-order valence-corrected chi connectivity index (χ1v) is 8.96. The van der Waals surface area contributed by atoms with E-state index >= 15 is 0 Å². The first kappa shape index (κ1) is 18.6. The van der Waals surface area contributed by atoms with Crippen molar-refractivity contribution in [2.45, 2.75) is 57.6 Å². The zero-order valence-electron chi connectivity index (χ0n) is 15.4. The third-order valence-electron chi connectivity index (χ3n) is 4.90. The van der Waals surface area contributed by atoms with E-state index in [-0.39, 0.29) is 24.7 Å². The average Bonchev–Trinajstić information content (AvgIpc) is 3.01. The van der Waals surface area contributed by atoms with Gasteiger partial charge in [0.1, 0.15) is 11.1 Å². The molecule has 9 heteroatoms. The molecule has 1 unspecified atom stereocenters. The van der Waals surface area contributed by atoms with Crippen LogP contribution in [0.3, 0.4) is 0 Å². The lowest BCUT2D eigenvalue weighted by Crippen LogP contribution is -2.65. The molecule has 4 rings (SSSR count). The van der Waals surface area contributed by atoms with E-state index < -0.39 is 23.2 Å². The predicted molar refractivity (Wildman–Crippen MR) is 90.5 cm³/mol. The van der Waals surface area contributed by atoms with E-state index in [4.69, 9.17) is 14.4 Å². The molecular weight excluding hydrogens is 340 g/mol. The number of aliphatic carboxylic acids is 1. The Labute approximate surface area is 152 Å². The summed E-state index contributed by atoms with van der Waals surface area (Å²) in [4.78, 5) is 29.9. The highest BCUT2D eigenvalue weighted by molar-refractivity contribution is 5.69. The van der Waals surface area contributed by atoms with Crippen molar-refractivity contribution in [2.24, 2.45) is 5.92 Å². The van der Waals surface area contributed by atoms with Crippen molar-refractivity contribution in [3.05, 3.63) is 11.7 Å². The van der Waals surface area contributed by atoms with Gasteiger partial charge in [-0.05, 0) is 52.6 Å². The van der Waals surface area contributed by atoms with Crippen LogP contribution in [0.2, 0.25) is 0 Å². The Morgan fingerprint density at radius 1 is 1.38 bits per heavy atom. The molecule has 3 aliphatic rings. The largest absolute Gasteiger partial charge is 0.481 e. The molecule has 0 aromatic carbocycles. The van der Waals surface area contributed by atoms with Gasteiger partial charge in [-0.2, -0.15) is 4.98 Å². The highest BCUT2D eigenvalue weighted by atomic mass is 16.6. The van der Waals surface area contributed by atoms with Crippen molar-refractivity contribution < 1.29 is 24.0 Å². The van der Waals surface area contributed by atoms with Crippen LogP contribution in [0.15, 0.2) is 4.52 Å². The molecule has 1 atom stereocenters. The molecule has 2 bridgehead atoms. The monoisotopic (exact) mass is 366 g/mol. The summed E-state index contributed by atoms with van der Waals surface area (Å²) >= 11 is 0. The van der Waals surface area contributed by atoms with Crippen molar-refractivity contribution in [3.63, 3.8) is 0 Å². The van der Waals surface area contributed by atoms with E-state index in [2.05, 4.69) is 20.4 Å². The van der Waals surface area contributed by atoms with Crippen LogP contribution in [0.4, 0.5) is 4.79 Å². The molecule has 1 aromatic heterocycles. The molecule has 0 spiro atoms. The van der Waals surface area contributed by atoms with Gasteiger partial charge >= 0.3 is 12.1 Å². The molecule has 9 nitrogen and oxygen atoms in total. The van der Waals surface area contributed by atoms with Gasteiger partial charge in [0.15, 0.2) is 5.82 Å². The van der Waals surface area contributed by atoms with Gasteiger partial charge in [0.25, 0.3) is 0 Å². The fraction of sp³-hybridized carbons (Fsp3) is 0.765. The molecule has 144 valence electrons. The number of ether oxygens (including phenoxy) is 1. The van der Waals surface area contributed by atoms with Crippen LogP contribution in [0.1, 0.15) is 51.7 Å². The third kappa shape index (κ3) is 3.98. The van der Waals surface area contributed by atoms with Crippen LogP contribution in [-0.2, 0) is 21.5 Å². The van der Waals surface area contributed by atoms with Crippen LogP contribution in [0.5, 0.6) is 0 Å². The van der Waals surface area contributed by atoms with Gasteiger partial charge in [0.2, 0.25) is 5.89 Å². The number of amides is 1. The van der Waals surface area contributed by atoms with Gasteiger partial charge in [-0.25, -0.2) is 4.79 Å². The fourth-order valence-corrected chi connectivity index (χ4v) is 3.75. The molecular formula is C17H26N4O5. The minimum atomic E-state index is -0.922. The number of alkyl carbamates (subject to hydrolysis) is 1. The van der Waals surface area contributed by atoms with Gasteiger partial charge < -0.3 is 24.6 Å². The summed E-state index contributed by atoms with van der Waals surface area (Å²) in [6.45, 7) is 7.99. The summed E-state index contributed by atoms with van der Waals surface area (Å²) in [6.07, 6.45) is 1.43. The summed E-state index contributed by atoms with van der Waals surface area (Å²) in [7, 11) is 0. The van der Waals surface area contributed by atoms with Crippen LogP contribution < -0.4 is 5.32 Å². The van der Waals surface area contributed by atoms with Gasteiger partial charge in [0.05, 0.1) is 6.42 Å². The molecule has 3 saturated heterocycles. The lowest BCUT2D eigenvalue weighted by Gasteiger charge is -2.51. The molecule has 2 N–H and O–H groups in total. The Balaban J connectivity index is 1.84. The summed E-state index contributed by atoms with van der Waals surface area (Å²) in [5.41, 5.74) is -1.38. The minimum absolute atomic E-state index is 0.0797. The van der Waals surface area contributed by atoms with Crippen molar-refractivity contribution >= 4 is 12.1 Å². The number of hydrogen-bond donors (Lipinski definition) is 2. The molecule has 3 fully saturated rings. The number of carboxylic acids is 1. The maximum Gasteiger partial charge on any atom is 0.408 e. The number of carbonyl (C=O) groups is 2. The van der Waals surface area contributed by atoms with Gasteiger partial charge in [-0.1, -0.05) is 5.16 Å². The average molecular weight is 366 g/mol. The van der Waals surface area contributed by atoms with E-state index in [0.717, 1.165) is 25.9 Å². The Hall–Kier alpha value is -2.16. The maximum absolute atomic E-state index is 12.5. The summed E-state index contributed by atoms with van der Waals surface area (Å²) in [5, 5.41) is 15.9. The van der Waals surface area contributed by atoms with Crippen LogP contribution in [0.25, 0.3) is 0 Å². The fourth-order valence-electron chi connectivity index (χ4n) is 3.75. The topological polar surface area (TPSA) is 118 Å². The molecule has 26 heavy (non-hydrogen) atoms. The van der Waals surface area contributed by atoms with Crippen LogP contribution in [0, 0.1) is 5.92 Å². The number of fused-ring (bicyclic) bond motifs is 3. The van der Waals surface area contributed by atoms with E-state index in [9.17, 15) is 9.59 Å². The first-order chi connectivity index (χ1) is 12.2. The second kappa shape index (κ2) is 6.86. The number of nitrogens with one attached hydrogen (secondary N) is 1. The van der Waals surface area contributed by atoms with Crippen molar-refractivity contribution in [1.82, 2.24) is 20.4 Å². The number of hydrogen-bond acceptors (Lipinski definition) is 7. The molecule has 3 aliphatic heterocycles. The predicted octanol–water partition coefficient (Wildman–Crippen LogP) is 1.53. The van der Waals surface area contributed by atoms with E-state index in [1.807, 2.05) is 20.8 Å². The molecule has 0 aliphatic carbocycles. The zero-order chi connectivity index (χ0) is 18.9. The summed E-state index contributed by atoms with van der Waals surface area (Å²) < 4.78 is 10.7. The normalized spacial score (nSPS) is 28.0. The lowest BCUT2D eigenvalue weighted by atomic mass is 9.72. The second-order valence-corrected chi connectivity index (χ2v) is 8.05. The number of aryl methyl sites for hydroxylation is 1. The second-order valence-electron chi connectivity index (χ2n) is 8.05. The molecule has 0 radical (unpaired) electrons. The Morgan fingerprint density at radius 3 is 2.62 bits per heavy atom. The Kier molecular flexibility index (Phi) is 4.92. The van der Waals surface area contributed by atoms with Crippen molar-refractivity contribution in [2.75, 3.05) is 19.6 Å². The number of piperidine rings is 3. The zero-order valence-corrected chi connectivity index (χ0v) is 15.4. The highest BCUT2D eigenvalue weighted by Crippen LogP contribution is 2.41. The summed E-state index contributed by atoms with van der Waals surface area (Å²) in [5.74, 6) is -0.0681. The Morgan fingerprint density at radius 2 is 2.08 bits per heavy atom. The smallest absolute Gasteiger partial charge is 0.408 e. The quantitative estimate of drug-likeness (QED) is 0.805. The number of rotatable bonds is 5. The Bertz CT molecular complexity index is 675. The number of aromatic nitrogens is 2. The van der Waals surface area contributed by atoms with E-state index in [0.29, 0.717) is 12.4 Å². The third-order valence-corrected chi connectivity index (χ3v) is 4.90. The minimum Gasteiger partial charge on any atom is -0.481 e. The SMILES string of the molecule is CC(C)(C)OC(=O)NC1(c2noc(CCC(=O)O)n2)CN2CCC1CC2. The first-order valence-electron chi connectivity index (χ1n) is 8.96. The van der Waals surface area contributed by atoms with Gasteiger partial charge in [-0.3, -0.25) is 4.79 Å². The molecule has 0 saturated carbocycles. The maximum atomic E-state index is 12.5.